The Hall–Kier alpha value is -0.410. The molecule has 84 valence electrons. The highest BCUT2D eigenvalue weighted by atomic mass is 16.5. The molecule has 3 nitrogen and oxygen atoms in total. The van der Waals surface area contributed by atoms with E-state index in [0.29, 0.717) is 19.6 Å². The first kappa shape index (κ1) is 13.6. The van der Waals surface area contributed by atoms with E-state index in [1.807, 2.05) is 6.92 Å². The largest absolute Gasteiger partial charge is 0.374 e. The SMILES string of the molecule is CCCOCC(=O)CCCCCCN. The summed E-state index contributed by atoms with van der Waals surface area (Å²) in [6.07, 6.45) is 5.93. The quantitative estimate of drug-likeness (QED) is 0.549. The Balaban J connectivity index is 3.10. The molecule has 14 heavy (non-hydrogen) atoms. The number of ketones is 1. The molecule has 0 radical (unpaired) electrons. The van der Waals surface area contributed by atoms with Gasteiger partial charge >= 0.3 is 0 Å². The van der Waals surface area contributed by atoms with Crippen molar-refractivity contribution in [3.63, 3.8) is 0 Å². The first-order valence-corrected chi connectivity index (χ1v) is 5.60. The lowest BCUT2D eigenvalue weighted by molar-refractivity contribution is -0.123. The molecule has 0 heterocycles. The fraction of sp³-hybridized carbons (Fsp3) is 0.909. The highest BCUT2D eigenvalue weighted by Crippen LogP contribution is 2.02. The predicted octanol–water partition coefficient (Wildman–Crippen LogP) is 1.89. The summed E-state index contributed by atoms with van der Waals surface area (Å²) in [6.45, 7) is 3.79. The zero-order valence-electron chi connectivity index (χ0n) is 9.26. The number of hydrogen-bond donors (Lipinski definition) is 1. The molecule has 0 saturated heterocycles. The van der Waals surface area contributed by atoms with E-state index in [-0.39, 0.29) is 5.78 Å². The van der Waals surface area contributed by atoms with Crippen LogP contribution in [-0.2, 0) is 9.53 Å². The van der Waals surface area contributed by atoms with Gasteiger partial charge in [-0.3, -0.25) is 4.79 Å². The molecular formula is C11H23NO2. The second-order valence-electron chi connectivity index (χ2n) is 3.54. The Labute approximate surface area is 87.0 Å². The lowest BCUT2D eigenvalue weighted by Gasteiger charge is -2.02. The Morgan fingerprint density at radius 3 is 2.57 bits per heavy atom. The van der Waals surface area contributed by atoms with E-state index in [9.17, 15) is 4.79 Å². The average molecular weight is 201 g/mol. The molecule has 0 spiro atoms. The molecule has 3 heteroatoms. The number of hydrogen-bond acceptors (Lipinski definition) is 3. The van der Waals surface area contributed by atoms with Crippen molar-refractivity contribution < 1.29 is 9.53 Å². The highest BCUT2D eigenvalue weighted by Gasteiger charge is 2.00. The van der Waals surface area contributed by atoms with Gasteiger partial charge in [0.2, 0.25) is 0 Å². The molecule has 0 aromatic heterocycles. The number of Topliss-reactive ketones (excluding diaryl/α,β-unsaturated/α-hetero) is 1. The van der Waals surface area contributed by atoms with E-state index in [2.05, 4.69) is 0 Å². The summed E-state index contributed by atoms with van der Waals surface area (Å²) < 4.78 is 5.15. The average Bonchev–Trinajstić information content (AvgIpc) is 2.18. The normalized spacial score (nSPS) is 10.4. The Kier molecular flexibility index (Phi) is 10.4. The molecule has 0 atom stereocenters. The van der Waals surface area contributed by atoms with Gasteiger partial charge in [-0.2, -0.15) is 0 Å². The second-order valence-corrected chi connectivity index (χ2v) is 3.54. The Bertz CT molecular complexity index is 137. The molecule has 0 aliphatic carbocycles. The van der Waals surface area contributed by atoms with E-state index < -0.39 is 0 Å². The van der Waals surface area contributed by atoms with Gasteiger partial charge in [-0.25, -0.2) is 0 Å². The minimum absolute atomic E-state index is 0.228. The fourth-order valence-electron chi connectivity index (χ4n) is 1.22. The van der Waals surface area contributed by atoms with Crippen molar-refractivity contribution in [3.8, 4) is 0 Å². The van der Waals surface area contributed by atoms with Crippen LogP contribution in [0.5, 0.6) is 0 Å². The van der Waals surface area contributed by atoms with Gasteiger partial charge in [0, 0.05) is 13.0 Å². The number of unbranched alkanes of at least 4 members (excludes halogenated alkanes) is 3. The van der Waals surface area contributed by atoms with Crippen LogP contribution in [0, 0.1) is 0 Å². The molecule has 0 saturated carbocycles. The van der Waals surface area contributed by atoms with E-state index in [0.717, 1.165) is 38.6 Å². The van der Waals surface area contributed by atoms with Crippen LogP contribution in [-0.4, -0.2) is 25.5 Å². The van der Waals surface area contributed by atoms with Crippen LogP contribution in [0.25, 0.3) is 0 Å². The third kappa shape index (κ3) is 9.68. The first-order valence-electron chi connectivity index (χ1n) is 5.60. The van der Waals surface area contributed by atoms with Gasteiger partial charge in [0.05, 0.1) is 0 Å². The van der Waals surface area contributed by atoms with Crippen molar-refractivity contribution in [3.05, 3.63) is 0 Å². The molecule has 2 N–H and O–H groups in total. The van der Waals surface area contributed by atoms with Crippen molar-refractivity contribution in [1.82, 2.24) is 0 Å². The van der Waals surface area contributed by atoms with Crippen LogP contribution in [0.15, 0.2) is 0 Å². The standard InChI is InChI=1S/C11H23NO2/c1-2-9-14-10-11(13)7-5-3-4-6-8-12/h2-10,12H2,1H3. The van der Waals surface area contributed by atoms with Gasteiger partial charge in [0.25, 0.3) is 0 Å². The van der Waals surface area contributed by atoms with Crippen LogP contribution in [0.4, 0.5) is 0 Å². The van der Waals surface area contributed by atoms with Crippen molar-refractivity contribution in [2.24, 2.45) is 5.73 Å². The summed E-state index contributed by atoms with van der Waals surface area (Å²) in [5, 5.41) is 0. The van der Waals surface area contributed by atoms with Crippen LogP contribution < -0.4 is 5.73 Å². The molecule has 0 aliphatic rings. The molecule has 0 bridgehead atoms. The lowest BCUT2D eigenvalue weighted by Crippen LogP contribution is -2.08. The van der Waals surface area contributed by atoms with E-state index >= 15 is 0 Å². The van der Waals surface area contributed by atoms with E-state index in [1.165, 1.54) is 0 Å². The molecule has 0 aromatic rings. The Morgan fingerprint density at radius 2 is 1.93 bits per heavy atom. The zero-order chi connectivity index (χ0) is 10.6. The molecular weight excluding hydrogens is 178 g/mol. The summed E-state index contributed by atoms with van der Waals surface area (Å²) in [5.41, 5.74) is 5.36. The van der Waals surface area contributed by atoms with Crippen LogP contribution in [0.1, 0.15) is 45.4 Å². The maximum Gasteiger partial charge on any atom is 0.158 e. The van der Waals surface area contributed by atoms with Gasteiger partial charge in [-0.1, -0.05) is 19.8 Å². The molecule has 0 fully saturated rings. The molecule has 0 unspecified atom stereocenters. The van der Waals surface area contributed by atoms with Gasteiger partial charge in [-0.15, -0.1) is 0 Å². The minimum Gasteiger partial charge on any atom is -0.374 e. The van der Waals surface area contributed by atoms with Gasteiger partial charge < -0.3 is 10.5 Å². The molecule has 0 aliphatic heterocycles. The summed E-state index contributed by atoms with van der Waals surface area (Å²) in [4.78, 5) is 11.2. The predicted molar refractivity (Wildman–Crippen MR) is 58.3 cm³/mol. The smallest absolute Gasteiger partial charge is 0.158 e. The third-order valence-electron chi connectivity index (χ3n) is 2.02. The second kappa shape index (κ2) is 10.7. The number of carbonyl (C=O) groups excluding carboxylic acids is 1. The van der Waals surface area contributed by atoms with Crippen molar-refractivity contribution in [1.29, 1.82) is 0 Å². The Morgan fingerprint density at radius 1 is 1.21 bits per heavy atom. The summed E-state index contributed by atoms with van der Waals surface area (Å²) >= 11 is 0. The first-order chi connectivity index (χ1) is 6.81. The van der Waals surface area contributed by atoms with E-state index in [1.54, 1.807) is 0 Å². The number of carbonyl (C=O) groups is 1. The van der Waals surface area contributed by atoms with Crippen molar-refractivity contribution >= 4 is 5.78 Å². The maximum absolute atomic E-state index is 11.2. The van der Waals surface area contributed by atoms with Crippen LogP contribution >= 0.6 is 0 Å². The van der Waals surface area contributed by atoms with Crippen LogP contribution in [0.2, 0.25) is 0 Å². The highest BCUT2D eigenvalue weighted by molar-refractivity contribution is 5.79. The fourth-order valence-corrected chi connectivity index (χ4v) is 1.22. The monoisotopic (exact) mass is 201 g/mol. The number of nitrogens with two attached hydrogens (primary N) is 1. The number of rotatable bonds is 10. The third-order valence-corrected chi connectivity index (χ3v) is 2.02. The van der Waals surface area contributed by atoms with Gasteiger partial charge in [-0.05, 0) is 25.8 Å². The van der Waals surface area contributed by atoms with E-state index in [4.69, 9.17) is 10.5 Å². The minimum atomic E-state index is 0.228. The van der Waals surface area contributed by atoms with Gasteiger partial charge in [0.15, 0.2) is 5.78 Å². The molecule has 0 aromatic carbocycles. The molecule has 0 amide bonds. The summed E-state index contributed by atoms with van der Waals surface area (Å²) in [7, 11) is 0. The maximum atomic E-state index is 11.2. The van der Waals surface area contributed by atoms with Crippen molar-refractivity contribution in [2.45, 2.75) is 45.4 Å². The molecule has 0 rings (SSSR count). The van der Waals surface area contributed by atoms with Crippen molar-refractivity contribution in [2.75, 3.05) is 19.8 Å². The summed E-state index contributed by atoms with van der Waals surface area (Å²) in [5.74, 6) is 0.228. The number of ether oxygens (including phenoxy) is 1. The van der Waals surface area contributed by atoms with Gasteiger partial charge in [0.1, 0.15) is 6.61 Å². The lowest BCUT2D eigenvalue weighted by atomic mass is 10.1. The topological polar surface area (TPSA) is 52.3 Å². The van der Waals surface area contributed by atoms with Crippen LogP contribution in [0.3, 0.4) is 0 Å². The zero-order valence-corrected chi connectivity index (χ0v) is 9.26. The summed E-state index contributed by atoms with van der Waals surface area (Å²) in [6, 6.07) is 0.